The summed E-state index contributed by atoms with van der Waals surface area (Å²) in [4.78, 5) is 34.9. The van der Waals surface area contributed by atoms with Crippen LogP contribution in [-0.4, -0.2) is 92.9 Å². The number of hydrogen-bond donors (Lipinski definition) is 2. The Bertz CT molecular complexity index is 778. The molecule has 1 aromatic carbocycles. The van der Waals surface area contributed by atoms with Gasteiger partial charge in [0.2, 0.25) is 5.91 Å². The van der Waals surface area contributed by atoms with Gasteiger partial charge < -0.3 is 20.4 Å². The van der Waals surface area contributed by atoms with Crippen LogP contribution >= 0.6 is 0 Å². The summed E-state index contributed by atoms with van der Waals surface area (Å²) in [5.41, 5.74) is 1.78. The number of nitrogens with zero attached hydrogens (tertiary/aromatic N) is 4. The van der Waals surface area contributed by atoms with E-state index >= 15 is 0 Å². The van der Waals surface area contributed by atoms with Crippen molar-refractivity contribution in [2.75, 3.05) is 60.4 Å². The Hall–Kier alpha value is -2.61. The fourth-order valence-electron chi connectivity index (χ4n) is 4.39. The predicted molar refractivity (Wildman–Crippen MR) is 128 cm³/mol. The lowest BCUT2D eigenvalue weighted by atomic mass is 10.1. The highest BCUT2D eigenvalue weighted by Crippen LogP contribution is 2.26. The van der Waals surface area contributed by atoms with Gasteiger partial charge in [-0.05, 0) is 30.5 Å². The molecular formula is C24H38N6O2. The Morgan fingerprint density at radius 1 is 1.03 bits per heavy atom. The SMILES string of the molecule is CN=C(NCCN1CCN(C(=O)C2CCCC2)CC1)NCc1ccc(C(=O)N(C)C)cc1. The predicted octanol–water partition coefficient (Wildman–Crippen LogP) is 1.39. The van der Waals surface area contributed by atoms with E-state index in [0.29, 0.717) is 18.0 Å². The van der Waals surface area contributed by atoms with E-state index in [4.69, 9.17) is 0 Å². The van der Waals surface area contributed by atoms with Crippen LogP contribution in [0.4, 0.5) is 0 Å². The third-order valence-electron chi connectivity index (χ3n) is 6.40. The lowest BCUT2D eigenvalue weighted by Gasteiger charge is -2.36. The van der Waals surface area contributed by atoms with Gasteiger partial charge in [0.15, 0.2) is 5.96 Å². The van der Waals surface area contributed by atoms with Gasteiger partial charge in [-0.15, -0.1) is 0 Å². The molecule has 2 fully saturated rings. The molecule has 1 heterocycles. The maximum atomic E-state index is 12.6. The van der Waals surface area contributed by atoms with Crippen LogP contribution in [-0.2, 0) is 11.3 Å². The van der Waals surface area contributed by atoms with E-state index in [2.05, 4.69) is 25.4 Å². The van der Waals surface area contributed by atoms with E-state index < -0.39 is 0 Å². The van der Waals surface area contributed by atoms with Gasteiger partial charge in [0.25, 0.3) is 5.91 Å². The molecule has 1 aliphatic carbocycles. The van der Waals surface area contributed by atoms with Crippen LogP contribution < -0.4 is 10.6 Å². The summed E-state index contributed by atoms with van der Waals surface area (Å²) >= 11 is 0. The highest BCUT2D eigenvalue weighted by atomic mass is 16.2. The number of amides is 2. The summed E-state index contributed by atoms with van der Waals surface area (Å²) in [6.07, 6.45) is 4.57. The van der Waals surface area contributed by atoms with E-state index in [1.165, 1.54) is 12.8 Å². The van der Waals surface area contributed by atoms with Gasteiger partial charge in [-0.25, -0.2) is 0 Å². The molecule has 176 valence electrons. The average Bonchev–Trinajstić information content (AvgIpc) is 3.36. The van der Waals surface area contributed by atoms with Crippen molar-refractivity contribution < 1.29 is 9.59 Å². The first-order chi connectivity index (χ1) is 15.5. The standard InChI is InChI=1S/C24H38N6O2/c1-25-24(27-18-19-8-10-21(11-9-19)22(31)28(2)3)26-12-13-29-14-16-30(17-15-29)23(32)20-6-4-5-7-20/h8-11,20H,4-7,12-18H2,1-3H3,(H2,25,26,27). The van der Waals surface area contributed by atoms with Crippen LogP contribution in [0.2, 0.25) is 0 Å². The number of aliphatic imine (C=N–C) groups is 1. The molecule has 3 rings (SSSR count). The molecule has 2 aliphatic rings. The topological polar surface area (TPSA) is 80.3 Å². The van der Waals surface area contributed by atoms with Crippen LogP contribution in [0, 0.1) is 5.92 Å². The van der Waals surface area contributed by atoms with E-state index in [0.717, 1.165) is 63.6 Å². The molecule has 1 saturated carbocycles. The van der Waals surface area contributed by atoms with Crippen molar-refractivity contribution in [3.05, 3.63) is 35.4 Å². The van der Waals surface area contributed by atoms with Crippen LogP contribution in [0.15, 0.2) is 29.3 Å². The summed E-state index contributed by atoms with van der Waals surface area (Å²) in [5.74, 6) is 1.42. The van der Waals surface area contributed by atoms with E-state index in [1.807, 2.05) is 24.3 Å². The zero-order valence-corrected chi connectivity index (χ0v) is 19.8. The molecule has 0 unspecified atom stereocenters. The average molecular weight is 443 g/mol. The molecule has 2 amide bonds. The number of piperazine rings is 1. The molecular weight excluding hydrogens is 404 g/mol. The lowest BCUT2D eigenvalue weighted by molar-refractivity contribution is -0.137. The third-order valence-corrected chi connectivity index (χ3v) is 6.40. The monoisotopic (exact) mass is 442 g/mol. The van der Waals surface area contributed by atoms with Crippen LogP contribution in [0.5, 0.6) is 0 Å². The van der Waals surface area contributed by atoms with Crippen LogP contribution in [0.25, 0.3) is 0 Å². The van der Waals surface area contributed by atoms with Crippen molar-refractivity contribution in [3.8, 4) is 0 Å². The minimum Gasteiger partial charge on any atom is -0.355 e. The molecule has 32 heavy (non-hydrogen) atoms. The molecule has 1 aromatic rings. The molecule has 1 aliphatic heterocycles. The normalized spacial score (nSPS) is 18.0. The number of guanidine groups is 1. The number of hydrogen-bond acceptors (Lipinski definition) is 4. The Balaban J connectivity index is 1.34. The van der Waals surface area contributed by atoms with Crippen molar-refractivity contribution in [1.82, 2.24) is 25.3 Å². The minimum atomic E-state index is 0.00530. The first-order valence-corrected chi connectivity index (χ1v) is 11.7. The van der Waals surface area contributed by atoms with Crippen molar-refractivity contribution in [3.63, 3.8) is 0 Å². The van der Waals surface area contributed by atoms with E-state index in [1.54, 1.807) is 26.0 Å². The van der Waals surface area contributed by atoms with Crippen molar-refractivity contribution in [2.45, 2.75) is 32.2 Å². The second-order valence-corrected chi connectivity index (χ2v) is 8.90. The number of nitrogens with one attached hydrogen (secondary N) is 2. The molecule has 0 bridgehead atoms. The van der Waals surface area contributed by atoms with Gasteiger partial charge in [-0.1, -0.05) is 25.0 Å². The van der Waals surface area contributed by atoms with Crippen molar-refractivity contribution >= 4 is 17.8 Å². The first-order valence-electron chi connectivity index (χ1n) is 11.7. The first kappa shape index (κ1) is 24.0. The number of carbonyl (C=O) groups excluding carboxylic acids is 2. The Labute approximate surface area is 192 Å². The van der Waals surface area contributed by atoms with Crippen molar-refractivity contribution in [1.29, 1.82) is 0 Å². The molecule has 0 atom stereocenters. The highest BCUT2D eigenvalue weighted by Gasteiger charge is 2.29. The highest BCUT2D eigenvalue weighted by molar-refractivity contribution is 5.93. The smallest absolute Gasteiger partial charge is 0.253 e. The lowest BCUT2D eigenvalue weighted by Crippen LogP contribution is -2.51. The van der Waals surface area contributed by atoms with Gasteiger partial charge in [-0.2, -0.15) is 0 Å². The minimum absolute atomic E-state index is 0.00530. The fourth-order valence-corrected chi connectivity index (χ4v) is 4.39. The Kier molecular flexibility index (Phi) is 8.90. The van der Waals surface area contributed by atoms with E-state index in [9.17, 15) is 9.59 Å². The van der Waals surface area contributed by atoms with Gasteiger partial charge in [0.05, 0.1) is 0 Å². The zero-order chi connectivity index (χ0) is 22.9. The molecule has 1 saturated heterocycles. The molecule has 8 nitrogen and oxygen atoms in total. The summed E-state index contributed by atoms with van der Waals surface area (Å²) in [6, 6.07) is 7.63. The van der Waals surface area contributed by atoms with Crippen LogP contribution in [0.1, 0.15) is 41.6 Å². The van der Waals surface area contributed by atoms with Gasteiger partial charge in [-0.3, -0.25) is 19.5 Å². The summed E-state index contributed by atoms with van der Waals surface area (Å²) in [7, 11) is 5.27. The molecule has 0 radical (unpaired) electrons. The summed E-state index contributed by atoms with van der Waals surface area (Å²) in [5, 5.41) is 6.69. The third kappa shape index (κ3) is 6.69. The quantitative estimate of drug-likeness (QED) is 0.493. The number of carbonyl (C=O) groups is 2. The maximum absolute atomic E-state index is 12.6. The molecule has 0 aromatic heterocycles. The maximum Gasteiger partial charge on any atom is 0.253 e. The van der Waals surface area contributed by atoms with Crippen LogP contribution in [0.3, 0.4) is 0 Å². The van der Waals surface area contributed by atoms with Gasteiger partial charge in [0, 0.05) is 78.4 Å². The Morgan fingerprint density at radius 2 is 1.69 bits per heavy atom. The van der Waals surface area contributed by atoms with Gasteiger partial charge >= 0.3 is 0 Å². The fraction of sp³-hybridized carbons (Fsp3) is 0.625. The van der Waals surface area contributed by atoms with Crippen molar-refractivity contribution in [2.24, 2.45) is 10.9 Å². The molecule has 8 heteroatoms. The second kappa shape index (κ2) is 11.9. The molecule has 0 spiro atoms. The number of benzene rings is 1. The second-order valence-electron chi connectivity index (χ2n) is 8.90. The largest absolute Gasteiger partial charge is 0.355 e. The zero-order valence-electron chi connectivity index (χ0n) is 19.8. The number of rotatable bonds is 7. The molecule has 2 N–H and O–H groups in total. The summed E-state index contributed by atoms with van der Waals surface area (Å²) in [6.45, 7) is 5.91. The summed E-state index contributed by atoms with van der Waals surface area (Å²) < 4.78 is 0. The van der Waals surface area contributed by atoms with E-state index in [-0.39, 0.29) is 11.8 Å². The van der Waals surface area contributed by atoms with Gasteiger partial charge in [0.1, 0.15) is 0 Å². The Morgan fingerprint density at radius 3 is 2.28 bits per heavy atom.